The van der Waals surface area contributed by atoms with Crippen LogP contribution in [0.3, 0.4) is 0 Å². The fourth-order valence-corrected chi connectivity index (χ4v) is 2.25. The monoisotopic (exact) mass is 153 g/mol. The number of hydrogen-bond acceptors (Lipinski definition) is 2. The van der Waals surface area contributed by atoms with Crippen molar-refractivity contribution in [2.75, 3.05) is 19.6 Å². The van der Waals surface area contributed by atoms with Crippen molar-refractivity contribution in [1.29, 1.82) is 0 Å². The molecule has 0 bridgehead atoms. The predicted molar refractivity (Wildman–Crippen MR) is 46.1 cm³/mol. The molecule has 11 heavy (non-hydrogen) atoms. The van der Waals surface area contributed by atoms with Crippen molar-refractivity contribution in [3.05, 3.63) is 6.54 Å². The molecule has 2 rings (SSSR count). The molecule has 1 unspecified atom stereocenters. The summed E-state index contributed by atoms with van der Waals surface area (Å²) in [5, 5.41) is 6.87. The van der Waals surface area contributed by atoms with Crippen LogP contribution in [0.15, 0.2) is 0 Å². The van der Waals surface area contributed by atoms with Crippen molar-refractivity contribution >= 4 is 0 Å². The predicted octanol–water partition coefficient (Wildman–Crippen LogP) is 0.901. The third kappa shape index (κ3) is 1.57. The van der Waals surface area contributed by atoms with E-state index in [4.69, 9.17) is 0 Å². The van der Waals surface area contributed by atoms with Gasteiger partial charge in [0.2, 0.25) is 0 Å². The molecule has 2 N–H and O–H groups in total. The van der Waals surface area contributed by atoms with Crippen LogP contribution in [0.5, 0.6) is 0 Å². The number of nitrogens with one attached hydrogen (secondary N) is 2. The Morgan fingerprint density at radius 2 is 2.18 bits per heavy atom. The van der Waals surface area contributed by atoms with Crippen LogP contribution in [0.25, 0.3) is 0 Å². The van der Waals surface area contributed by atoms with Crippen LogP contribution < -0.4 is 10.6 Å². The number of hydrogen-bond donors (Lipinski definition) is 2. The van der Waals surface area contributed by atoms with Crippen LogP contribution in [-0.2, 0) is 0 Å². The summed E-state index contributed by atoms with van der Waals surface area (Å²) in [6, 6.07) is 0. The van der Waals surface area contributed by atoms with Gasteiger partial charge in [-0.15, -0.1) is 0 Å². The SMILES string of the molecule is [CH]1CCC2(CCCNC2)CN1. The van der Waals surface area contributed by atoms with Crippen molar-refractivity contribution in [2.24, 2.45) is 5.41 Å². The third-order valence-electron chi connectivity index (χ3n) is 3.00. The third-order valence-corrected chi connectivity index (χ3v) is 3.00. The van der Waals surface area contributed by atoms with Gasteiger partial charge in [-0.1, -0.05) is 0 Å². The Balaban J connectivity index is 1.94. The average Bonchev–Trinajstić information content (AvgIpc) is 2.07. The first-order chi connectivity index (χ1) is 5.41. The smallest absolute Gasteiger partial charge is 0.0221 e. The first-order valence-electron chi connectivity index (χ1n) is 4.67. The van der Waals surface area contributed by atoms with Gasteiger partial charge >= 0.3 is 0 Å². The van der Waals surface area contributed by atoms with Gasteiger partial charge in [-0.05, 0) is 37.6 Å². The molecule has 0 amide bonds. The highest BCUT2D eigenvalue weighted by Gasteiger charge is 2.32. The second kappa shape index (κ2) is 3.11. The highest BCUT2D eigenvalue weighted by Crippen LogP contribution is 2.33. The van der Waals surface area contributed by atoms with Gasteiger partial charge in [0.1, 0.15) is 0 Å². The van der Waals surface area contributed by atoms with Gasteiger partial charge in [0, 0.05) is 19.6 Å². The first-order valence-corrected chi connectivity index (χ1v) is 4.67. The van der Waals surface area contributed by atoms with Crippen LogP contribution in [0.2, 0.25) is 0 Å². The molecular weight excluding hydrogens is 136 g/mol. The van der Waals surface area contributed by atoms with E-state index in [9.17, 15) is 0 Å². The standard InChI is InChI=1S/C9H17N2/c1-3-9(7-10-5-1)4-2-6-11-8-9/h5,10-11H,1-4,6-8H2. The minimum absolute atomic E-state index is 0.604. The van der Waals surface area contributed by atoms with E-state index < -0.39 is 0 Å². The van der Waals surface area contributed by atoms with E-state index in [1.54, 1.807) is 0 Å². The zero-order chi connectivity index (χ0) is 7.57. The molecule has 2 heteroatoms. The van der Waals surface area contributed by atoms with Gasteiger partial charge < -0.3 is 10.6 Å². The molecule has 63 valence electrons. The average molecular weight is 153 g/mol. The minimum atomic E-state index is 0.604. The molecule has 2 aliphatic rings. The summed E-state index contributed by atoms with van der Waals surface area (Å²) in [7, 11) is 0. The Morgan fingerprint density at radius 1 is 1.18 bits per heavy atom. The van der Waals surface area contributed by atoms with E-state index >= 15 is 0 Å². The second-order valence-electron chi connectivity index (χ2n) is 3.90. The van der Waals surface area contributed by atoms with E-state index in [1.807, 2.05) is 0 Å². The molecule has 1 radical (unpaired) electrons. The Hall–Kier alpha value is -0.0800. The Kier molecular flexibility index (Phi) is 2.14. The van der Waals surface area contributed by atoms with Crippen LogP contribution in [-0.4, -0.2) is 19.6 Å². The molecule has 0 aromatic heterocycles. The summed E-state index contributed by atoms with van der Waals surface area (Å²) < 4.78 is 0. The highest BCUT2D eigenvalue weighted by atomic mass is 15.0. The Labute approximate surface area is 68.7 Å². The van der Waals surface area contributed by atoms with E-state index in [0.29, 0.717) is 5.41 Å². The van der Waals surface area contributed by atoms with Crippen molar-refractivity contribution in [1.82, 2.24) is 10.6 Å². The summed E-state index contributed by atoms with van der Waals surface area (Å²) in [4.78, 5) is 0. The maximum absolute atomic E-state index is 3.49. The van der Waals surface area contributed by atoms with E-state index in [2.05, 4.69) is 17.2 Å². The van der Waals surface area contributed by atoms with E-state index in [-0.39, 0.29) is 0 Å². The lowest BCUT2D eigenvalue weighted by Crippen LogP contribution is -2.48. The van der Waals surface area contributed by atoms with E-state index in [0.717, 1.165) is 0 Å². The van der Waals surface area contributed by atoms with Crippen molar-refractivity contribution in [3.63, 3.8) is 0 Å². The Morgan fingerprint density at radius 3 is 2.82 bits per heavy atom. The summed E-state index contributed by atoms with van der Waals surface area (Å²) in [6.45, 7) is 5.86. The largest absolute Gasteiger partial charge is 0.316 e. The molecular formula is C9H17N2. The Bertz CT molecular complexity index is 102. The fourth-order valence-electron chi connectivity index (χ4n) is 2.25. The maximum atomic E-state index is 3.49. The molecule has 2 fully saturated rings. The van der Waals surface area contributed by atoms with Crippen LogP contribution in [0.4, 0.5) is 0 Å². The van der Waals surface area contributed by atoms with Crippen molar-refractivity contribution < 1.29 is 0 Å². The van der Waals surface area contributed by atoms with Gasteiger partial charge in [-0.2, -0.15) is 0 Å². The van der Waals surface area contributed by atoms with Gasteiger partial charge in [0.05, 0.1) is 0 Å². The first kappa shape index (κ1) is 7.56. The van der Waals surface area contributed by atoms with Gasteiger partial charge in [0.15, 0.2) is 0 Å². The minimum Gasteiger partial charge on any atom is -0.316 e. The molecule has 0 aromatic carbocycles. The molecule has 0 aliphatic carbocycles. The molecule has 0 aromatic rings. The van der Waals surface area contributed by atoms with Crippen LogP contribution >= 0.6 is 0 Å². The highest BCUT2D eigenvalue weighted by molar-refractivity contribution is 4.92. The van der Waals surface area contributed by atoms with Gasteiger partial charge in [-0.25, -0.2) is 0 Å². The molecule has 1 atom stereocenters. The topological polar surface area (TPSA) is 24.1 Å². The maximum Gasteiger partial charge on any atom is 0.0221 e. The van der Waals surface area contributed by atoms with E-state index in [1.165, 1.54) is 45.3 Å². The molecule has 0 saturated carbocycles. The molecule has 1 spiro atoms. The van der Waals surface area contributed by atoms with Crippen molar-refractivity contribution in [3.8, 4) is 0 Å². The van der Waals surface area contributed by atoms with Crippen LogP contribution in [0, 0.1) is 12.0 Å². The second-order valence-corrected chi connectivity index (χ2v) is 3.90. The van der Waals surface area contributed by atoms with Gasteiger partial charge in [-0.3, -0.25) is 0 Å². The normalized spacial score (nSPS) is 30.5. The molecule has 2 saturated heterocycles. The summed E-state index contributed by atoms with van der Waals surface area (Å²) in [5.41, 5.74) is 0.604. The summed E-state index contributed by atoms with van der Waals surface area (Å²) in [6.07, 6.45) is 5.41. The zero-order valence-electron chi connectivity index (χ0n) is 7.03. The number of piperidine rings is 2. The zero-order valence-corrected chi connectivity index (χ0v) is 7.03. The fraction of sp³-hybridized carbons (Fsp3) is 0.889. The lowest BCUT2D eigenvalue weighted by molar-refractivity contribution is 0.168. The lowest BCUT2D eigenvalue weighted by atomic mass is 9.75. The molecule has 2 aliphatic heterocycles. The summed E-state index contributed by atoms with van der Waals surface area (Å²) in [5.74, 6) is 0. The number of rotatable bonds is 0. The van der Waals surface area contributed by atoms with Crippen molar-refractivity contribution in [2.45, 2.75) is 25.7 Å². The quantitative estimate of drug-likeness (QED) is 0.540. The summed E-state index contributed by atoms with van der Waals surface area (Å²) >= 11 is 0. The van der Waals surface area contributed by atoms with Gasteiger partial charge in [0.25, 0.3) is 0 Å². The molecule has 2 heterocycles. The molecule has 2 nitrogen and oxygen atoms in total. The lowest BCUT2D eigenvalue weighted by Gasteiger charge is -2.40. The van der Waals surface area contributed by atoms with Crippen LogP contribution in [0.1, 0.15) is 25.7 Å².